The number of benzene rings is 1. The van der Waals surface area contributed by atoms with Crippen LogP contribution in [0, 0.1) is 5.41 Å². The summed E-state index contributed by atoms with van der Waals surface area (Å²) in [6.45, 7) is 6.97. The second-order valence-electron chi connectivity index (χ2n) is 5.92. The molecule has 2 rings (SSSR count). The Bertz CT molecular complexity index is 603. The molecule has 0 radical (unpaired) electrons. The molecule has 0 N–H and O–H groups in total. The number of esters is 1. The quantitative estimate of drug-likeness (QED) is 0.613. The molecule has 0 saturated heterocycles. The van der Waals surface area contributed by atoms with Crippen LogP contribution in [0.15, 0.2) is 18.2 Å². The van der Waals surface area contributed by atoms with Gasteiger partial charge in [-0.25, -0.2) is 0 Å². The molecule has 21 heavy (non-hydrogen) atoms. The van der Waals surface area contributed by atoms with Gasteiger partial charge < -0.3 is 9.47 Å². The number of fused-ring (bicyclic) bond motifs is 1. The Morgan fingerprint density at radius 1 is 1.38 bits per heavy atom. The molecule has 0 heterocycles. The zero-order valence-corrected chi connectivity index (χ0v) is 14.4. The van der Waals surface area contributed by atoms with Crippen molar-refractivity contribution in [1.82, 2.24) is 0 Å². The number of halogens is 1. The highest BCUT2D eigenvalue weighted by Gasteiger charge is 2.60. The third-order valence-corrected chi connectivity index (χ3v) is 5.13. The second-order valence-corrected chi connectivity index (χ2v) is 7.90. The van der Waals surface area contributed by atoms with E-state index < -0.39 is 21.8 Å². The molecule has 1 aromatic rings. The predicted molar refractivity (Wildman–Crippen MR) is 82.9 cm³/mol. The number of Topliss-reactive ketones (excluding diaryl/α,β-unsaturated/α-hetero) is 1. The summed E-state index contributed by atoms with van der Waals surface area (Å²) < 4.78 is 10.3. The summed E-state index contributed by atoms with van der Waals surface area (Å²) in [7, 11) is 1.53. The van der Waals surface area contributed by atoms with E-state index in [0.29, 0.717) is 16.9 Å². The van der Waals surface area contributed by atoms with Gasteiger partial charge in [0.05, 0.1) is 18.1 Å². The van der Waals surface area contributed by atoms with Crippen LogP contribution in [0.5, 0.6) is 5.75 Å². The molecule has 0 aromatic heterocycles. The van der Waals surface area contributed by atoms with E-state index in [9.17, 15) is 9.59 Å². The van der Waals surface area contributed by atoms with E-state index in [1.807, 2.05) is 26.8 Å². The van der Waals surface area contributed by atoms with Gasteiger partial charge in [0.2, 0.25) is 0 Å². The third-order valence-electron chi connectivity index (χ3n) is 4.30. The summed E-state index contributed by atoms with van der Waals surface area (Å²) in [4.78, 5) is 24.5. The standard InChI is InChI=1S/C16H19BrO4/c1-9(18)21-14-10-7-6-8-11(20-5)12(10)13(19)16(14,4)15(2,3)17/h6-8,14H,1-5H3/t14-,16+/m0/s1. The van der Waals surface area contributed by atoms with Gasteiger partial charge >= 0.3 is 5.97 Å². The number of ether oxygens (including phenoxy) is 2. The van der Waals surface area contributed by atoms with Gasteiger partial charge in [-0.2, -0.15) is 0 Å². The monoisotopic (exact) mass is 354 g/mol. The minimum Gasteiger partial charge on any atom is -0.496 e. The Morgan fingerprint density at radius 2 is 2.00 bits per heavy atom. The number of methoxy groups -OCH3 is 1. The molecule has 2 atom stereocenters. The maximum Gasteiger partial charge on any atom is 0.303 e. The smallest absolute Gasteiger partial charge is 0.303 e. The van der Waals surface area contributed by atoms with Crippen LogP contribution >= 0.6 is 15.9 Å². The Morgan fingerprint density at radius 3 is 2.48 bits per heavy atom. The fourth-order valence-corrected chi connectivity index (χ4v) is 3.19. The molecule has 1 aliphatic rings. The van der Waals surface area contributed by atoms with Crippen LogP contribution in [-0.4, -0.2) is 23.2 Å². The second kappa shape index (κ2) is 5.13. The predicted octanol–water partition coefficient (Wildman–Crippen LogP) is 3.68. The van der Waals surface area contributed by atoms with E-state index in [1.165, 1.54) is 14.0 Å². The maximum absolute atomic E-state index is 13.0. The van der Waals surface area contributed by atoms with Crippen LogP contribution in [0.4, 0.5) is 0 Å². The first-order valence-corrected chi connectivity index (χ1v) is 7.51. The van der Waals surface area contributed by atoms with Crippen molar-refractivity contribution in [2.24, 2.45) is 5.41 Å². The van der Waals surface area contributed by atoms with Crippen molar-refractivity contribution in [2.75, 3.05) is 7.11 Å². The molecule has 1 aromatic carbocycles. The van der Waals surface area contributed by atoms with Crippen molar-refractivity contribution in [3.8, 4) is 5.75 Å². The molecule has 0 aliphatic heterocycles. The van der Waals surface area contributed by atoms with Crippen molar-refractivity contribution in [1.29, 1.82) is 0 Å². The number of carbonyl (C=O) groups is 2. The lowest BCUT2D eigenvalue weighted by atomic mass is 9.73. The van der Waals surface area contributed by atoms with Crippen LogP contribution in [-0.2, 0) is 9.53 Å². The first kappa shape index (κ1) is 16.0. The fourth-order valence-electron chi connectivity index (χ4n) is 2.80. The highest BCUT2D eigenvalue weighted by molar-refractivity contribution is 9.10. The van der Waals surface area contributed by atoms with Crippen molar-refractivity contribution in [3.63, 3.8) is 0 Å². The van der Waals surface area contributed by atoms with Gasteiger partial charge in [0, 0.05) is 16.8 Å². The third kappa shape index (κ3) is 2.27. The molecular weight excluding hydrogens is 336 g/mol. The van der Waals surface area contributed by atoms with E-state index >= 15 is 0 Å². The molecular formula is C16H19BrO4. The summed E-state index contributed by atoms with van der Waals surface area (Å²) in [5.74, 6) is 0.0182. The van der Waals surface area contributed by atoms with E-state index in [0.717, 1.165) is 0 Å². The molecule has 1 aliphatic carbocycles. The Balaban J connectivity index is 2.71. The summed E-state index contributed by atoms with van der Waals surface area (Å²) in [5.41, 5.74) is 0.293. The minimum absolute atomic E-state index is 0.0805. The summed E-state index contributed by atoms with van der Waals surface area (Å²) in [6, 6.07) is 5.36. The number of hydrogen-bond acceptors (Lipinski definition) is 4. The number of ketones is 1. The largest absolute Gasteiger partial charge is 0.496 e. The Hall–Kier alpha value is -1.36. The van der Waals surface area contributed by atoms with Crippen molar-refractivity contribution < 1.29 is 19.1 Å². The average Bonchev–Trinajstić information content (AvgIpc) is 2.61. The van der Waals surface area contributed by atoms with Crippen LogP contribution in [0.2, 0.25) is 0 Å². The summed E-state index contributed by atoms with van der Waals surface area (Å²) >= 11 is 3.58. The number of rotatable bonds is 3. The lowest BCUT2D eigenvalue weighted by Crippen LogP contribution is -2.45. The lowest BCUT2D eigenvalue weighted by Gasteiger charge is -2.39. The Labute approximate surface area is 132 Å². The van der Waals surface area contributed by atoms with Gasteiger partial charge in [-0.15, -0.1) is 0 Å². The number of carbonyl (C=O) groups excluding carboxylic acids is 2. The van der Waals surface area contributed by atoms with Gasteiger partial charge in [-0.3, -0.25) is 9.59 Å². The molecule has 4 nitrogen and oxygen atoms in total. The minimum atomic E-state index is -0.907. The zero-order chi connectivity index (χ0) is 16.0. The first-order chi connectivity index (χ1) is 9.64. The first-order valence-electron chi connectivity index (χ1n) is 6.72. The van der Waals surface area contributed by atoms with Crippen molar-refractivity contribution in [2.45, 2.75) is 38.1 Å². The molecule has 0 fully saturated rings. The zero-order valence-electron chi connectivity index (χ0n) is 12.8. The molecule has 5 heteroatoms. The SMILES string of the molecule is COc1cccc2c1C(=O)[C@@](C)(C(C)(C)Br)[C@H]2OC(C)=O. The van der Waals surface area contributed by atoms with Gasteiger partial charge in [0.15, 0.2) is 5.78 Å². The van der Waals surface area contributed by atoms with Gasteiger partial charge in [-0.05, 0) is 26.8 Å². The summed E-state index contributed by atoms with van der Waals surface area (Å²) in [5, 5.41) is 0. The van der Waals surface area contributed by atoms with Gasteiger partial charge in [0.25, 0.3) is 0 Å². The highest BCUT2D eigenvalue weighted by atomic mass is 79.9. The van der Waals surface area contributed by atoms with Crippen LogP contribution in [0.1, 0.15) is 49.7 Å². The molecule has 0 unspecified atom stereocenters. The fraction of sp³-hybridized carbons (Fsp3) is 0.500. The topological polar surface area (TPSA) is 52.6 Å². The molecule has 0 amide bonds. The van der Waals surface area contributed by atoms with E-state index in [2.05, 4.69) is 15.9 Å². The number of hydrogen-bond donors (Lipinski definition) is 0. The normalized spacial score (nSPS) is 24.7. The molecule has 0 bridgehead atoms. The van der Waals surface area contributed by atoms with Crippen molar-refractivity contribution in [3.05, 3.63) is 29.3 Å². The molecule has 0 spiro atoms. The maximum atomic E-state index is 13.0. The van der Waals surface area contributed by atoms with Crippen LogP contribution in [0.25, 0.3) is 0 Å². The van der Waals surface area contributed by atoms with Crippen molar-refractivity contribution >= 4 is 27.7 Å². The van der Waals surface area contributed by atoms with Crippen LogP contribution in [0.3, 0.4) is 0 Å². The van der Waals surface area contributed by atoms with Gasteiger partial charge in [0.1, 0.15) is 11.9 Å². The van der Waals surface area contributed by atoms with E-state index in [4.69, 9.17) is 9.47 Å². The molecule has 114 valence electrons. The summed E-state index contributed by atoms with van der Waals surface area (Å²) in [6.07, 6.45) is -0.637. The average molecular weight is 355 g/mol. The number of alkyl halides is 1. The van der Waals surface area contributed by atoms with E-state index in [-0.39, 0.29) is 5.78 Å². The Kier molecular flexibility index (Phi) is 3.91. The highest BCUT2D eigenvalue weighted by Crippen LogP contribution is 2.57. The van der Waals surface area contributed by atoms with Crippen LogP contribution < -0.4 is 4.74 Å². The van der Waals surface area contributed by atoms with Gasteiger partial charge in [-0.1, -0.05) is 28.1 Å². The van der Waals surface area contributed by atoms with E-state index in [1.54, 1.807) is 12.1 Å². The molecule has 0 saturated carbocycles. The lowest BCUT2D eigenvalue weighted by molar-refractivity contribution is -0.151.